The molecule has 0 spiro atoms. The van der Waals surface area contributed by atoms with Crippen LogP contribution >= 0.6 is 0 Å². The fourth-order valence-corrected chi connectivity index (χ4v) is 9.88. The highest BCUT2D eigenvalue weighted by molar-refractivity contribution is 5.98. The minimum Gasteiger partial charge on any atom is -0.370 e. The number of fused-ring (bicyclic) bond motifs is 2. The van der Waals surface area contributed by atoms with Gasteiger partial charge in [0.1, 0.15) is 41.6 Å². The number of hydrogen-bond donors (Lipinski definition) is 9. The first kappa shape index (κ1) is 58.4. The maximum atomic E-state index is 14.8. The van der Waals surface area contributed by atoms with Crippen LogP contribution in [0.1, 0.15) is 120 Å². The van der Waals surface area contributed by atoms with Gasteiger partial charge in [0.15, 0.2) is 17.7 Å². The van der Waals surface area contributed by atoms with E-state index in [4.69, 9.17) is 28.7 Å². The number of hydrogen-bond acceptors (Lipinski definition) is 11. The number of nitrogens with one attached hydrogen (secondary N) is 4. The maximum Gasteiger partial charge on any atom is 0.245 e. The molecular formula is C53H73FN12O9. The lowest BCUT2D eigenvalue weighted by Crippen LogP contribution is -2.57. The Balaban J connectivity index is 1.51. The number of ketones is 3. The topological polar surface area (TPSA) is 360 Å². The van der Waals surface area contributed by atoms with E-state index in [0.717, 1.165) is 16.7 Å². The van der Waals surface area contributed by atoms with Crippen LogP contribution in [0.5, 0.6) is 0 Å². The average Bonchev–Trinajstić information content (AvgIpc) is 4.03. The third-order valence-electron chi connectivity index (χ3n) is 13.8. The Labute approximate surface area is 436 Å². The van der Waals surface area contributed by atoms with Crippen LogP contribution < -0.4 is 49.9 Å². The summed E-state index contributed by atoms with van der Waals surface area (Å²) in [4.78, 5) is 135. The highest BCUT2D eigenvalue weighted by Crippen LogP contribution is 2.34. The number of nitrogens with two attached hydrogens (primary N) is 5. The molecule has 7 atom stereocenters. The second-order valence-corrected chi connectivity index (χ2v) is 19.6. The van der Waals surface area contributed by atoms with E-state index in [2.05, 4.69) is 31.3 Å². The summed E-state index contributed by atoms with van der Waals surface area (Å²) in [6.07, 6.45) is 3.45. The van der Waals surface area contributed by atoms with Crippen molar-refractivity contribution in [2.45, 2.75) is 146 Å². The summed E-state index contributed by atoms with van der Waals surface area (Å²) in [5.41, 5.74) is 31.2. The highest BCUT2D eigenvalue weighted by Gasteiger charge is 2.40. The minimum atomic E-state index is -1.34. The fraction of sp³-hybridized carbons (Fsp3) is 0.528. The second-order valence-electron chi connectivity index (χ2n) is 19.6. The lowest BCUT2D eigenvalue weighted by molar-refractivity contribution is -0.142. The Kier molecular flexibility index (Phi) is 22.4. The van der Waals surface area contributed by atoms with E-state index in [0.29, 0.717) is 18.4 Å². The Morgan fingerprint density at radius 3 is 2.16 bits per heavy atom. The standard InChI is InChI=1S/C53H73FN12O9/c1-31(67)62-41(14-7-25-61-53(58)59)49(73)64-42-23-22-38(68)11-3-5-13-40(47(55)71)63-48(72)36(28-34-19-18-33-9-2-4-12-39(33)34)30-45(69)35(10-6-24-60-52(56)57)29-46(70)43(27-32-16-20-37(54)21-17-32)65-50(74)44-15-8-26-66(44)51(42)75/h2,4,9,12,16-17,19-21,35-36,40-44H,3,5-8,10-11,13-15,18,22-30H2,1H3,(H2,55,71)(H,62,67)(H,63,72)(H,64,73)(H,65,74)(H4,56,57,60)(H4,58,59,61)/t35-,36-,40+,41+,42+,43-,44?/m1/s1. The van der Waals surface area contributed by atoms with Crippen molar-refractivity contribution >= 4 is 70.3 Å². The van der Waals surface area contributed by atoms with Gasteiger partial charge in [-0.1, -0.05) is 48.9 Å². The monoisotopic (exact) mass is 1040 g/mol. The first-order valence-electron chi connectivity index (χ1n) is 25.8. The summed E-state index contributed by atoms with van der Waals surface area (Å²) in [5.74, 6) is -8.19. The van der Waals surface area contributed by atoms with Crippen molar-refractivity contribution in [3.05, 3.63) is 77.1 Å². The molecule has 0 saturated carbocycles. The summed E-state index contributed by atoms with van der Waals surface area (Å²) in [7, 11) is 0. The van der Waals surface area contributed by atoms with Crippen molar-refractivity contribution in [1.29, 1.82) is 0 Å². The van der Waals surface area contributed by atoms with Gasteiger partial charge in [0, 0.05) is 64.1 Å². The molecule has 2 saturated heterocycles. The molecule has 22 heteroatoms. The van der Waals surface area contributed by atoms with E-state index >= 15 is 0 Å². The van der Waals surface area contributed by atoms with Crippen LogP contribution in [0.3, 0.4) is 0 Å². The van der Waals surface area contributed by atoms with Crippen molar-refractivity contribution in [2.75, 3.05) is 19.6 Å². The molecule has 14 N–H and O–H groups in total. The summed E-state index contributed by atoms with van der Waals surface area (Å²) >= 11 is 0. The molecule has 2 heterocycles. The van der Waals surface area contributed by atoms with Crippen molar-refractivity contribution < 1.29 is 47.5 Å². The molecule has 0 bridgehead atoms. The highest BCUT2D eigenvalue weighted by atomic mass is 19.1. The number of halogens is 1. The smallest absolute Gasteiger partial charge is 0.245 e. The van der Waals surface area contributed by atoms with E-state index in [1.54, 1.807) is 0 Å². The molecular weight excluding hydrogens is 968 g/mol. The number of amides is 6. The molecule has 2 aromatic carbocycles. The summed E-state index contributed by atoms with van der Waals surface area (Å²) in [5, 5.41) is 10.9. The van der Waals surface area contributed by atoms with Crippen LogP contribution in [-0.2, 0) is 56.0 Å². The molecule has 21 nitrogen and oxygen atoms in total. The van der Waals surface area contributed by atoms with Crippen LogP contribution in [0, 0.1) is 17.7 Å². The zero-order valence-electron chi connectivity index (χ0n) is 42.7. The normalized spacial score (nSPS) is 22.9. The number of rotatable bonds is 16. The van der Waals surface area contributed by atoms with Crippen LogP contribution in [-0.4, -0.2) is 119 Å². The Morgan fingerprint density at radius 2 is 1.47 bits per heavy atom. The first-order chi connectivity index (χ1) is 35.8. The number of Topliss-reactive ketones (excluding diaryl/α,β-unsaturated/α-hetero) is 3. The molecule has 1 aliphatic carbocycles. The molecule has 0 radical (unpaired) electrons. The number of benzene rings is 2. The molecule has 0 aromatic heterocycles. The number of aliphatic imine (C=N–C) groups is 2. The van der Waals surface area contributed by atoms with Crippen LogP contribution in [0.25, 0.3) is 5.57 Å². The van der Waals surface area contributed by atoms with Gasteiger partial charge in [0.2, 0.25) is 35.4 Å². The van der Waals surface area contributed by atoms with Crippen LogP contribution in [0.15, 0.2) is 64.6 Å². The number of carbonyl (C=O) groups is 9. The van der Waals surface area contributed by atoms with Gasteiger partial charge in [-0.05, 0) is 111 Å². The van der Waals surface area contributed by atoms with Gasteiger partial charge in [0.05, 0.1) is 6.04 Å². The zero-order chi connectivity index (χ0) is 54.6. The first-order valence-corrected chi connectivity index (χ1v) is 25.8. The molecule has 75 heavy (non-hydrogen) atoms. The quantitative estimate of drug-likeness (QED) is 0.0645. The van der Waals surface area contributed by atoms with Gasteiger partial charge < -0.3 is 54.8 Å². The van der Waals surface area contributed by atoms with E-state index in [-0.39, 0.29) is 127 Å². The molecule has 1 unspecified atom stereocenters. The second kappa shape index (κ2) is 28.8. The van der Waals surface area contributed by atoms with Gasteiger partial charge in [-0.2, -0.15) is 0 Å². The number of carbonyl (C=O) groups excluding carboxylic acids is 9. The van der Waals surface area contributed by atoms with Crippen LogP contribution in [0.2, 0.25) is 0 Å². The largest absolute Gasteiger partial charge is 0.370 e. The summed E-state index contributed by atoms with van der Waals surface area (Å²) in [6, 6.07) is 6.98. The third-order valence-corrected chi connectivity index (χ3v) is 13.8. The molecule has 2 aromatic rings. The van der Waals surface area contributed by atoms with Gasteiger partial charge in [-0.3, -0.25) is 53.1 Å². The van der Waals surface area contributed by atoms with Gasteiger partial charge >= 0.3 is 0 Å². The zero-order valence-corrected chi connectivity index (χ0v) is 42.7. The maximum absolute atomic E-state index is 14.8. The molecule has 2 fully saturated rings. The Morgan fingerprint density at radius 1 is 0.773 bits per heavy atom. The summed E-state index contributed by atoms with van der Waals surface area (Å²) in [6.45, 7) is 1.58. The number of nitrogens with zero attached hydrogens (tertiary/aromatic N) is 3. The van der Waals surface area contributed by atoms with Crippen molar-refractivity contribution in [3.63, 3.8) is 0 Å². The van der Waals surface area contributed by atoms with E-state index in [9.17, 15) is 47.5 Å². The molecule has 5 rings (SSSR count). The van der Waals surface area contributed by atoms with E-state index in [1.165, 1.54) is 36.1 Å². The Hall–Kier alpha value is -7.52. The number of primary amides is 1. The molecule has 2 aliphatic heterocycles. The molecule has 3 aliphatic rings. The molecule has 6 amide bonds. The lowest BCUT2D eigenvalue weighted by atomic mass is 9.83. The van der Waals surface area contributed by atoms with Gasteiger partial charge in [0.25, 0.3) is 0 Å². The van der Waals surface area contributed by atoms with Gasteiger partial charge in [-0.15, -0.1) is 0 Å². The predicted octanol–water partition coefficient (Wildman–Crippen LogP) is 1.01. The van der Waals surface area contributed by atoms with E-state index in [1.807, 2.05) is 30.3 Å². The van der Waals surface area contributed by atoms with Gasteiger partial charge in [-0.25, -0.2) is 4.39 Å². The SMILES string of the molecule is CC(=O)N[C@@H](CCCN=C(N)N)C(=O)N[C@H]1CCC(=O)CCCC[C@@H](C(N)=O)NC(=O)[C@H](CC2=CCc3ccccc32)CC(=O)[C@H](CCCN=C(N)N)CC(=O)[C@@H](Cc2ccc(F)cc2)NC(=O)C2CCCN2C1=O. The van der Waals surface area contributed by atoms with Crippen LogP contribution in [0.4, 0.5) is 4.39 Å². The molecule has 406 valence electrons. The van der Waals surface area contributed by atoms with Crippen molar-refractivity contribution in [2.24, 2.45) is 50.5 Å². The Bertz CT molecular complexity index is 2490. The third kappa shape index (κ3) is 18.4. The van der Waals surface area contributed by atoms with Crippen molar-refractivity contribution in [1.82, 2.24) is 26.2 Å². The lowest BCUT2D eigenvalue weighted by Gasteiger charge is -2.31. The predicted molar refractivity (Wildman–Crippen MR) is 279 cm³/mol. The number of allylic oxidation sites excluding steroid dienone is 2. The summed E-state index contributed by atoms with van der Waals surface area (Å²) < 4.78 is 14.2. The number of guanidine groups is 2. The fourth-order valence-electron chi connectivity index (χ4n) is 9.88. The van der Waals surface area contributed by atoms with E-state index < -0.39 is 101 Å². The minimum absolute atomic E-state index is 0.0150. The average molecular weight is 1040 g/mol. The van der Waals surface area contributed by atoms with Crippen molar-refractivity contribution in [3.8, 4) is 0 Å².